The number of pyridine rings is 1. The molecule has 4 nitrogen and oxygen atoms in total. The Hall–Kier alpha value is -0.570. The molecule has 106 valence electrons. The number of amides is 1. The first-order valence-corrected chi connectivity index (χ1v) is 8.24. The Balaban J connectivity index is 1.79. The number of halogens is 3. The number of nitrogens with one attached hydrogen (secondary N) is 1. The van der Waals surface area contributed by atoms with Gasteiger partial charge >= 0.3 is 0 Å². The first kappa shape index (κ1) is 15.8. The van der Waals surface area contributed by atoms with Gasteiger partial charge in [-0.3, -0.25) is 4.79 Å². The van der Waals surface area contributed by atoms with Crippen molar-refractivity contribution in [2.75, 3.05) is 13.2 Å². The SMILES string of the molecule is O=C(NCCOc1ncc(Cl)cc1Cl)c1sccc1I. The summed E-state index contributed by atoms with van der Waals surface area (Å²) in [7, 11) is 0. The van der Waals surface area contributed by atoms with Gasteiger partial charge in [0.15, 0.2) is 0 Å². The fourth-order valence-electron chi connectivity index (χ4n) is 1.36. The van der Waals surface area contributed by atoms with E-state index in [1.807, 2.05) is 11.4 Å². The van der Waals surface area contributed by atoms with Crippen LogP contribution >= 0.6 is 57.1 Å². The zero-order valence-corrected chi connectivity index (χ0v) is 14.5. The molecule has 2 aromatic heterocycles. The van der Waals surface area contributed by atoms with Gasteiger partial charge in [0.1, 0.15) is 16.5 Å². The maximum absolute atomic E-state index is 11.8. The summed E-state index contributed by atoms with van der Waals surface area (Å²) in [6.07, 6.45) is 1.45. The average molecular weight is 443 g/mol. The Bertz CT molecular complexity index is 621. The van der Waals surface area contributed by atoms with Crippen molar-refractivity contribution in [2.45, 2.75) is 0 Å². The predicted molar refractivity (Wildman–Crippen MR) is 89.1 cm³/mol. The van der Waals surface area contributed by atoms with Gasteiger partial charge in [0.05, 0.1) is 11.6 Å². The van der Waals surface area contributed by atoms with E-state index in [-0.39, 0.29) is 12.5 Å². The van der Waals surface area contributed by atoms with Crippen LogP contribution in [0.2, 0.25) is 10.0 Å². The van der Waals surface area contributed by atoms with E-state index >= 15 is 0 Å². The van der Waals surface area contributed by atoms with E-state index in [0.717, 1.165) is 3.57 Å². The van der Waals surface area contributed by atoms with Crippen LogP contribution in [0.5, 0.6) is 5.88 Å². The number of hydrogen-bond donors (Lipinski definition) is 1. The highest BCUT2D eigenvalue weighted by Crippen LogP contribution is 2.24. The molecule has 0 saturated heterocycles. The molecule has 2 rings (SSSR count). The third-order valence-electron chi connectivity index (χ3n) is 2.22. The van der Waals surface area contributed by atoms with Gasteiger partial charge in [0.2, 0.25) is 5.88 Å². The molecule has 0 fully saturated rings. The van der Waals surface area contributed by atoms with Crippen LogP contribution in [0.3, 0.4) is 0 Å². The fourth-order valence-corrected chi connectivity index (χ4v) is 3.54. The van der Waals surface area contributed by atoms with Gasteiger partial charge in [-0.2, -0.15) is 0 Å². The van der Waals surface area contributed by atoms with Crippen molar-refractivity contribution in [3.05, 3.63) is 42.2 Å². The highest BCUT2D eigenvalue weighted by Gasteiger charge is 2.10. The molecule has 0 atom stereocenters. The van der Waals surface area contributed by atoms with E-state index in [0.29, 0.717) is 27.3 Å². The third kappa shape index (κ3) is 4.21. The lowest BCUT2D eigenvalue weighted by Crippen LogP contribution is -2.28. The maximum Gasteiger partial charge on any atom is 0.262 e. The van der Waals surface area contributed by atoms with Crippen molar-refractivity contribution in [2.24, 2.45) is 0 Å². The van der Waals surface area contributed by atoms with E-state index in [1.165, 1.54) is 17.5 Å². The van der Waals surface area contributed by atoms with Crippen LogP contribution in [0.15, 0.2) is 23.7 Å². The molecular formula is C12H9Cl2IN2O2S. The number of ether oxygens (including phenoxy) is 1. The van der Waals surface area contributed by atoms with Crippen molar-refractivity contribution in [1.29, 1.82) is 0 Å². The summed E-state index contributed by atoms with van der Waals surface area (Å²) in [5.41, 5.74) is 0. The Morgan fingerprint density at radius 3 is 2.95 bits per heavy atom. The molecule has 0 spiro atoms. The number of carbonyl (C=O) groups excluding carboxylic acids is 1. The highest BCUT2D eigenvalue weighted by atomic mass is 127. The van der Waals surface area contributed by atoms with E-state index in [9.17, 15) is 4.79 Å². The van der Waals surface area contributed by atoms with Crippen molar-refractivity contribution < 1.29 is 9.53 Å². The van der Waals surface area contributed by atoms with E-state index in [1.54, 1.807) is 6.07 Å². The molecule has 0 saturated carbocycles. The summed E-state index contributed by atoms with van der Waals surface area (Å²) in [5.74, 6) is 0.194. The topological polar surface area (TPSA) is 51.2 Å². The Kier molecular flexibility index (Phi) is 5.88. The molecule has 0 aliphatic rings. The van der Waals surface area contributed by atoms with Crippen LogP contribution in [-0.2, 0) is 0 Å². The van der Waals surface area contributed by atoms with Crippen molar-refractivity contribution in [1.82, 2.24) is 10.3 Å². The van der Waals surface area contributed by atoms with Crippen molar-refractivity contribution in [3.63, 3.8) is 0 Å². The van der Waals surface area contributed by atoms with Crippen LogP contribution in [-0.4, -0.2) is 24.0 Å². The lowest BCUT2D eigenvalue weighted by molar-refractivity contribution is 0.0950. The summed E-state index contributed by atoms with van der Waals surface area (Å²) < 4.78 is 6.31. The number of hydrogen-bond acceptors (Lipinski definition) is 4. The Labute approximate surface area is 143 Å². The summed E-state index contributed by atoms with van der Waals surface area (Å²) in [4.78, 5) is 16.5. The molecule has 0 aromatic carbocycles. The summed E-state index contributed by atoms with van der Waals surface area (Å²) in [6.45, 7) is 0.648. The largest absolute Gasteiger partial charge is 0.475 e. The van der Waals surface area contributed by atoms with Crippen LogP contribution < -0.4 is 10.1 Å². The van der Waals surface area contributed by atoms with Crippen LogP contribution in [0.4, 0.5) is 0 Å². The van der Waals surface area contributed by atoms with Crippen LogP contribution in [0, 0.1) is 3.57 Å². The Morgan fingerprint density at radius 1 is 1.50 bits per heavy atom. The molecule has 2 heterocycles. The van der Waals surface area contributed by atoms with Gasteiger partial charge in [-0.05, 0) is 40.1 Å². The van der Waals surface area contributed by atoms with Crippen LogP contribution in [0.1, 0.15) is 9.67 Å². The zero-order valence-electron chi connectivity index (χ0n) is 10.0. The summed E-state index contributed by atoms with van der Waals surface area (Å²) >= 11 is 15.2. The monoisotopic (exact) mass is 442 g/mol. The summed E-state index contributed by atoms with van der Waals surface area (Å²) in [5, 5.41) is 5.44. The molecule has 2 aromatic rings. The summed E-state index contributed by atoms with van der Waals surface area (Å²) in [6, 6.07) is 3.45. The second kappa shape index (κ2) is 7.44. The average Bonchev–Trinajstić information content (AvgIpc) is 2.83. The molecule has 0 radical (unpaired) electrons. The smallest absolute Gasteiger partial charge is 0.262 e. The van der Waals surface area contributed by atoms with Gasteiger partial charge in [-0.25, -0.2) is 4.98 Å². The fraction of sp³-hybridized carbons (Fsp3) is 0.167. The van der Waals surface area contributed by atoms with E-state index < -0.39 is 0 Å². The van der Waals surface area contributed by atoms with Gasteiger partial charge in [-0.15, -0.1) is 11.3 Å². The number of thiophene rings is 1. The van der Waals surface area contributed by atoms with Gasteiger partial charge in [-0.1, -0.05) is 23.2 Å². The molecule has 0 unspecified atom stereocenters. The lowest BCUT2D eigenvalue weighted by atomic mass is 10.4. The first-order valence-electron chi connectivity index (χ1n) is 5.53. The van der Waals surface area contributed by atoms with Gasteiger partial charge in [0.25, 0.3) is 5.91 Å². The lowest BCUT2D eigenvalue weighted by Gasteiger charge is -2.08. The zero-order chi connectivity index (χ0) is 14.5. The minimum atomic E-state index is -0.108. The minimum Gasteiger partial charge on any atom is -0.475 e. The number of rotatable bonds is 5. The van der Waals surface area contributed by atoms with E-state index in [4.69, 9.17) is 27.9 Å². The second-order valence-electron chi connectivity index (χ2n) is 3.64. The highest BCUT2D eigenvalue weighted by molar-refractivity contribution is 14.1. The maximum atomic E-state index is 11.8. The number of nitrogens with zero attached hydrogens (tertiary/aromatic N) is 1. The van der Waals surface area contributed by atoms with Gasteiger partial charge < -0.3 is 10.1 Å². The Morgan fingerprint density at radius 2 is 2.30 bits per heavy atom. The standard InChI is InChI=1S/C12H9Cl2IN2O2S/c13-7-5-8(14)12(17-6-7)19-3-2-16-11(18)10-9(15)1-4-20-10/h1,4-6H,2-3H2,(H,16,18). The molecule has 1 N–H and O–H groups in total. The number of carbonyl (C=O) groups is 1. The van der Waals surface area contributed by atoms with Gasteiger partial charge in [0, 0.05) is 9.77 Å². The van der Waals surface area contributed by atoms with E-state index in [2.05, 4.69) is 32.9 Å². The third-order valence-corrected chi connectivity index (χ3v) is 4.88. The van der Waals surface area contributed by atoms with Crippen molar-refractivity contribution in [3.8, 4) is 5.88 Å². The molecular weight excluding hydrogens is 434 g/mol. The molecule has 20 heavy (non-hydrogen) atoms. The normalized spacial score (nSPS) is 10.3. The molecule has 8 heteroatoms. The predicted octanol–water partition coefficient (Wildman–Crippen LogP) is 3.86. The molecule has 1 amide bonds. The van der Waals surface area contributed by atoms with Crippen LogP contribution in [0.25, 0.3) is 0 Å². The minimum absolute atomic E-state index is 0.108. The first-order chi connectivity index (χ1) is 9.58. The quantitative estimate of drug-likeness (QED) is 0.565. The molecule has 0 bridgehead atoms. The number of aromatic nitrogens is 1. The molecule has 0 aliphatic carbocycles. The molecule has 0 aliphatic heterocycles. The van der Waals surface area contributed by atoms with Crippen molar-refractivity contribution >= 4 is 63.0 Å². The second-order valence-corrected chi connectivity index (χ2v) is 6.56.